The van der Waals surface area contributed by atoms with Crippen molar-refractivity contribution in [1.82, 2.24) is 9.78 Å². The van der Waals surface area contributed by atoms with E-state index >= 15 is 0 Å². The van der Waals surface area contributed by atoms with Crippen LogP contribution in [-0.2, 0) is 0 Å². The molecular weight excluding hydrogens is 302 g/mol. The van der Waals surface area contributed by atoms with Crippen LogP contribution in [0.5, 0.6) is 0 Å². The maximum Gasteiger partial charge on any atom is 0.280 e. The molecule has 1 aromatic heterocycles. The van der Waals surface area contributed by atoms with Crippen LogP contribution in [0.1, 0.15) is 21.6 Å². The Balaban J connectivity index is 1.92. The zero-order valence-corrected chi connectivity index (χ0v) is 13.5. The smallest absolute Gasteiger partial charge is 0.280 e. The summed E-state index contributed by atoms with van der Waals surface area (Å²) in [7, 11) is 0. The van der Waals surface area contributed by atoms with Gasteiger partial charge in [0.25, 0.3) is 5.91 Å². The second-order valence-electron chi connectivity index (χ2n) is 5.56. The van der Waals surface area contributed by atoms with Crippen LogP contribution in [0.2, 0.25) is 0 Å². The van der Waals surface area contributed by atoms with Gasteiger partial charge in [-0.25, -0.2) is 4.68 Å². The Kier molecular flexibility index (Phi) is 4.24. The number of nitrogens with one attached hydrogen (secondary N) is 1. The van der Waals surface area contributed by atoms with Crippen molar-refractivity contribution in [1.29, 1.82) is 0 Å². The molecule has 0 spiro atoms. The third kappa shape index (κ3) is 3.25. The fourth-order valence-corrected chi connectivity index (χ4v) is 2.30. The number of hydrogen-bond donors (Lipinski definition) is 1. The van der Waals surface area contributed by atoms with E-state index in [0.29, 0.717) is 5.69 Å². The normalized spacial score (nSPS) is 10.4. The summed E-state index contributed by atoms with van der Waals surface area (Å²) >= 11 is 0. The molecule has 0 saturated carbocycles. The van der Waals surface area contributed by atoms with Crippen molar-refractivity contribution in [3.05, 3.63) is 87.8 Å². The summed E-state index contributed by atoms with van der Waals surface area (Å²) in [6.45, 7) is 3.96. The lowest BCUT2D eigenvalue weighted by atomic mass is 10.1. The van der Waals surface area contributed by atoms with E-state index in [-0.39, 0.29) is 5.69 Å². The summed E-state index contributed by atoms with van der Waals surface area (Å²) in [5.41, 5.74) is 3.06. The first-order valence-electron chi connectivity index (χ1n) is 7.58. The summed E-state index contributed by atoms with van der Waals surface area (Å²) in [5, 5.41) is 6.90. The van der Waals surface area contributed by atoms with Gasteiger partial charge in [-0.2, -0.15) is 5.10 Å². The first kappa shape index (κ1) is 15.7. The summed E-state index contributed by atoms with van der Waals surface area (Å²) in [6, 6.07) is 16.3. The van der Waals surface area contributed by atoms with Crippen LogP contribution in [0.25, 0.3) is 5.69 Å². The van der Waals surface area contributed by atoms with Gasteiger partial charge in [0.1, 0.15) is 0 Å². The maximum atomic E-state index is 12.4. The van der Waals surface area contributed by atoms with Gasteiger partial charge in [0, 0.05) is 18.0 Å². The summed E-state index contributed by atoms with van der Waals surface area (Å²) < 4.78 is 1.51. The third-order valence-electron chi connectivity index (χ3n) is 3.81. The van der Waals surface area contributed by atoms with E-state index in [1.807, 2.05) is 56.3 Å². The van der Waals surface area contributed by atoms with Gasteiger partial charge in [-0.15, -0.1) is 0 Å². The Labute approximate surface area is 139 Å². The molecule has 0 aliphatic heterocycles. The maximum absolute atomic E-state index is 12.4. The number of aryl methyl sites for hydroxylation is 2. The highest BCUT2D eigenvalue weighted by Crippen LogP contribution is 2.14. The van der Waals surface area contributed by atoms with Crippen LogP contribution in [0.3, 0.4) is 0 Å². The van der Waals surface area contributed by atoms with Gasteiger partial charge in [0.15, 0.2) is 5.69 Å². The zero-order valence-electron chi connectivity index (χ0n) is 13.5. The van der Waals surface area contributed by atoms with Crippen molar-refractivity contribution in [2.24, 2.45) is 0 Å². The lowest BCUT2D eigenvalue weighted by molar-refractivity contribution is 0.101. The summed E-state index contributed by atoms with van der Waals surface area (Å²) in [6.07, 6.45) is 1.55. The molecule has 5 heteroatoms. The molecule has 3 aromatic rings. The fourth-order valence-electron chi connectivity index (χ4n) is 2.30. The molecule has 0 unspecified atom stereocenters. The minimum Gasteiger partial charge on any atom is -0.320 e. The van der Waals surface area contributed by atoms with Crippen molar-refractivity contribution >= 4 is 11.6 Å². The third-order valence-corrected chi connectivity index (χ3v) is 3.81. The number of carbonyl (C=O) groups is 1. The molecule has 24 heavy (non-hydrogen) atoms. The highest BCUT2D eigenvalue weighted by Gasteiger charge is 2.14. The second-order valence-corrected chi connectivity index (χ2v) is 5.56. The first-order valence-corrected chi connectivity index (χ1v) is 7.58. The van der Waals surface area contributed by atoms with Crippen molar-refractivity contribution in [2.75, 3.05) is 5.32 Å². The van der Waals surface area contributed by atoms with Gasteiger partial charge in [-0.05, 0) is 49.2 Å². The van der Waals surface area contributed by atoms with Gasteiger partial charge in [-0.1, -0.05) is 24.3 Å². The van der Waals surface area contributed by atoms with Crippen LogP contribution in [0.4, 0.5) is 5.69 Å². The van der Waals surface area contributed by atoms with Gasteiger partial charge >= 0.3 is 0 Å². The molecule has 0 bridgehead atoms. The minimum absolute atomic E-state index is 0.139. The number of hydrogen-bond acceptors (Lipinski definition) is 3. The number of nitrogens with zero attached hydrogens (tertiary/aromatic N) is 2. The highest BCUT2D eigenvalue weighted by atomic mass is 16.2. The molecule has 2 aromatic carbocycles. The topological polar surface area (TPSA) is 64.0 Å². The molecule has 120 valence electrons. The van der Waals surface area contributed by atoms with E-state index in [1.54, 1.807) is 12.3 Å². The Hall–Kier alpha value is -3.21. The zero-order chi connectivity index (χ0) is 17.1. The number of aromatic nitrogens is 2. The molecule has 0 aliphatic rings. The SMILES string of the molecule is Cc1ccc(NC(=O)c2nn(-c3ccccc3)ccc2=O)cc1C. The molecule has 1 heterocycles. The van der Waals surface area contributed by atoms with Crippen molar-refractivity contribution in [3.63, 3.8) is 0 Å². The largest absolute Gasteiger partial charge is 0.320 e. The van der Waals surface area contributed by atoms with Crippen molar-refractivity contribution < 1.29 is 4.79 Å². The van der Waals surface area contributed by atoms with E-state index in [4.69, 9.17) is 0 Å². The van der Waals surface area contributed by atoms with E-state index < -0.39 is 11.3 Å². The van der Waals surface area contributed by atoms with Gasteiger partial charge < -0.3 is 5.32 Å². The molecule has 0 aliphatic carbocycles. The minimum atomic E-state index is -0.520. The monoisotopic (exact) mass is 319 g/mol. The van der Waals surface area contributed by atoms with E-state index in [2.05, 4.69) is 10.4 Å². The average Bonchev–Trinajstić information content (AvgIpc) is 2.59. The van der Waals surface area contributed by atoms with Crippen LogP contribution in [-0.4, -0.2) is 15.7 Å². The summed E-state index contributed by atoms with van der Waals surface area (Å²) in [4.78, 5) is 24.4. The predicted octanol–water partition coefficient (Wildman–Crippen LogP) is 3.10. The van der Waals surface area contributed by atoms with E-state index in [1.165, 1.54) is 10.7 Å². The Morgan fingerprint density at radius 2 is 1.75 bits per heavy atom. The molecule has 3 rings (SSSR count). The van der Waals surface area contributed by atoms with Crippen LogP contribution < -0.4 is 10.7 Å². The Bertz CT molecular complexity index is 946. The van der Waals surface area contributed by atoms with Gasteiger partial charge in [-0.3, -0.25) is 9.59 Å². The molecule has 0 radical (unpaired) electrons. The van der Waals surface area contributed by atoms with Crippen LogP contribution in [0.15, 0.2) is 65.6 Å². The predicted molar refractivity (Wildman–Crippen MR) is 93.7 cm³/mol. The number of anilines is 1. The molecule has 5 nitrogen and oxygen atoms in total. The quantitative estimate of drug-likeness (QED) is 0.807. The summed E-state index contributed by atoms with van der Waals surface area (Å²) in [5.74, 6) is -0.520. The number of rotatable bonds is 3. The first-order chi connectivity index (χ1) is 11.5. The average molecular weight is 319 g/mol. The highest BCUT2D eigenvalue weighted by molar-refractivity contribution is 6.02. The molecule has 0 saturated heterocycles. The number of para-hydroxylation sites is 1. The molecule has 1 N–H and O–H groups in total. The van der Waals surface area contributed by atoms with Crippen LogP contribution in [0, 0.1) is 13.8 Å². The molecule has 1 amide bonds. The molecule has 0 fully saturated rings. The molecular formula is C19H17N3O2. The standard InChI is InChI=1S/C19H17N3O2/c1-13-8-9-15(12-14(13)2)20-19(24)18-17(23)10-11-22(21-18)16-6-4-3-5-7-16/h3-12H,1-2H3,(H,20,24). The van der Waals surface area contributed by atoms with Gasteiger partial charge in [0.05, 0.1) is 5.69 Å². The number of amides is 1. The number of carbonyl (C=O) groups excluding carboxylic acids is 1. The van der Waals surface area contributed by atoms with Crippen LogP contribution >= 0.6 is 0 Å². The Morgan fingerprint density at radius 1 is 1.00 bits per heavy atom. The lowest BCUT2D eigenvalue weighted by Crippen LogP contribution is -2.25. The van der Waals surface area contributed by atoms with E-state index in [9.17, 15) is 9.59 Å². The fraction of sp³-hybridized carbons (Fsp3) is 0.105. The number of benzene rings is 2. The van der Waals surface area contributed by atoms with E-state index in [0.717, 1.165) is 16.8 Å². The molecule has 0 atom stereocenters. The van der Waals surface area contributed by atoms with Crippen molar-refractivity contribution in [3.8, 4) is 5.69 Å². The van der Waals surface area contributed by atoms with Gasteiger partial charge in [0.2, 0.25) is 5.43 Å². The lowest BCUT2D eigenvalue weighted by Gasteiger charge is -2.09. The Morgan fingerprint density at radius 3 is 2.46 bits per heavy atom. The second kappa shape index (κ2) is 6.50. The van der Waals surface area contributed by atoms with Crippen molar-refractivity contribution in [2.45, 2.75) is 13.8 Å².